The molecule has 1 amide bonds. The molecule has 0 radical (unpaired) electrons. The second-order valence-electron chi connectivity index (χ2n) is 4.79. The van der Waals surface area contributed by atoms with E-state index in [0.29, 0.717) is 20.6 Å². The average Bonchev–Trinajstić information content (AvgIpc) is 3.17. The molecular formula is C15H13N3O3S3. The molecule has 0 aliphatic carbocycles. The van der Waals surface area contributed by atoms with Crippen LogP contribution in [0.4, 0.5) is 10.8 Å². The minimum Gasteiger partial charge on any atom is -0.297 e. The standard InChI is InChI=1S/C15H13N3O3S3/c1-10-13(24(20,21)18-11-5-3-2-4-6-11)9-12(23-10)14(19)17-15-16-7-8-22-15/h2-9,18H,1H3,(H,16,17,19). The Morgan fingerprint density at radius 3 is 2.62 bits per heavy atom. The summed E-state index contributed by atoms with van der Waals surface area (Å²) in [4.78, 5) is 17.1. The second kappa shape index (κ2) is 6.71. The van der Waals surface area contributed by atoms with Gasteiger partial charge in [-0.05, 0) is 25.1 Å². The molecular weight excluding hydrogens is 366 g/mol. The van der Waals surface area contributed by atoms with Crippen molar-refractivity contribution in [3.63, 3.8) is 0 Å². The molecule has 0 aliphatic rings. The first-order valence-electron chi connectivity index (χ1n) is 6.85. The van der Waals surface area contributed by atoms with Crippen LogP contribution in [0.15, 0.2) is 52.9 Å². The van der Waals surface area contributed by atoms with E-state index in [1.807, 2.05) is 0 Å². The summed E-state index contributed by atoms with van der Waals surface area (Å²) in [6, 6.07) is 9.99. The molecule has 0 saturated heterocycles. The summed E-state index contributed by atoms with van der Waals surface area (Å²) in [5.41, 5.74) is 0.469. The lowest BCUT2D eigenvalue weighted by molar-refractivity contribution is 0.103. The van der Waals surface area contributed by atoms with Crippen LogP contribution in [0.2, 0.25) is 0 Å². The van der Waals surface area contributed by atoms with Crippen LogP contribution < -0.4 is 10.0 Å². The zero-order valence-electron chi connectivity index (χ0n) is 12.5. The summed E-state index contributed by atoms with van der Waals surface area (Å²) in [6.45, 7) is 1.67. The molecule has 0 atom stereocenters. The van der Waals surface area contributed by atoms with Crippen molar-refractivity contribution in [1.29, 1.82) is 0 Å². The number of amides is 1. The molecule has 0 spiro atoms. The van der Waals surface area contributed by atoms with Crippen LogP contribution in [0.3, 0.4) is 0 Å². The van der Waals surface area contributed by atoms with Crippen LogP contribution in [-0.4, -0.2) is 19.3 Å². The largest absolute Gasteiger partial charge is 0.297 e. The van der Waals surface area contributed by atoms with Crippen molar-refractivity contribution in [3.05, 3.63) is 57.7 Å². The SMILES string of the molecule is Cc1sc(C(=O)Nc2nccs2)cc1S(=O)(=O)Nc1ccccc1. The van der Waals surface area contributed by atoms with Gasteiger partial charge in [-0.2, -0.15) is 0 Å². The van der Waals surface area contributed by atoms with Gasteiger partial charge in [-0.15, -0.1) is 22.7 Å². The van der Waals surface area contributed by atoms with Crippen molar-refractivity contribution in [2.75, 3.05) is 10.0 Å². The van der Waals surface area contributed by atoms with Crippen LogP contribution in [0.1, 0.15) is 14.5 Å². The number of hydrogen-bond acceptors (Lipinski definition) is 6. The highest BCUT2D eigenvalue weighted by atomic mass is 32.2. The monoisotopic (exact) mass is 379 g/mol. The molecule has 1 aromatic carbocycles. The number of para-hydroxylation sites is 1. The minimum atomic E-state index is -3.75. The van der Waals surface area contributed by atoms with Gasteiger partial charge in [0.2, 0.25) is 0 Å². The predicted octanol–water partition coefficient (Wildman–Crippen LogP) is 3.57. The van der Waals surface area contributed by atoms with E-state index in [1.165, 1.54) is 17.4 Å². The summed E-state index contributed by atoms with van der Waals surface area (Å²) < 4.78 is 27.6. The summed E-state index contributed by atoms with van der Waals surface area (Å²) in [6.07, 6.45) is 1.58. The third-order valence-electron chi connectivity index (χ3n) is 3.06. The van der Waals surface area contributed by atoms with E-state index < -0.39 is 10.0 Å². The molecule has 124 valence electrons. The van der Waals surface area contributed by atoms with Gasteiger partial charge < -0.3 is 0 Å². The van der Waals surface area contributed by atoms with Gasteiger partial charge in [-0.3, -0.25) is 14.8 Å². The molecule has 0 bridgehead atoms. The van der Waals surface area contributed by atoms with Gasteiger partial charge in [0.15, 0.2) is 5.13 Å². The third kappa shape index (κ3) is 3.64. The van der Waals surface area contributed by atoms with Crippen molar-refractivity contribution >= 4 is 49.4 Å². The van der Waals surface area contributed by atoms with E-state index in [1.54, 1.807) is 48.8 Å². The smallest absolute Gasteiger partial charge is 0.267 e. The zero-order valence-corrected chi connectivity index (χ0v) is 15.0. The number of hydrogen-bond donors (Lipinski definition) is 2. The van der Waals surface area contributed by atoms with Crippen LogP contribution in [0.25, 0.3) is 0 Å². The van der Waals surface area contributed by atoms with Crippen molar-refractivity contribution in [2.45, 2.75) is 11.8 Å². The zero-order chi connectivity index (χ0) is 17.2. The summed E-state index contributed by atoms with van der Waals surface area (Å²) in [5.74, 6) is -0.376. The van der Waals surface area contributed by atoms with Crippen LogP contribution in [-0.2, 0) is 10.0 Å². The maximum Gasteiger partial charge on any atom is 0.267 e. The Balaban J connectivity index is 1.84. The van der Waals surface area contributed by atoms with E-state index >= 15 is 0 Å². The van der Waals surface area contributed by atoms with E-state index in [2.05, 4.69) is 15.0 Å². The number of thiophene rings is 1. The quantitative estimate of drug-likeness (QED) is 0.709. The molecule has 0 unspecified atom stereocenters. The molecule has 0 aliphatic heterocycles. The Hall–Kier alpha value is -2.23. The van der Waals surface area contributed by atoms with Gasteiger partial charge in [0, 0.05) is 22.1 Å². The highest BCUT2D eigenvalue weighted by molar-refractivity contribution is 7.93. The van der Waals surface area contributed by atoms with Crippen molar-refractivity contribution in [3.8, 4) is 0 Å². The summed E-state index contributed by atoms with van der Waals surface area (Å²) >= 11 is 2.42. The summed E-state index contributed by atoms with van der Waals surface area (Å²) in [5, 5.41) is 4.86. The van der Waals surface area contributed by atoms with Gasteiger partial charge in [0.1, 0.15) is 4.90 Å². The lowest BCUT2D eigenvalue weighted by Gasteiger charge is -2.06. The molecule has 0 fully saturated rings. The van der Waals surface area contributed by atoms with Gasteiger partial charge in [-0.25, -0.2) is 13.4 Å². The van der Waals surface area contributed by atoms with E-state index in [4.69, 9.17) is 0 Å². The molecule has 2 heterocycles. The number of aryl methyl sites for hydroxylation is 1. The van der Waals surface area contributed by atoms with Gasteiger partial charge in [0.25, 0.3) is 15.9 Å². The van der Waals surface area contributed by atoms with E-state index in [-0.39, 0.29) is 10.8 Å². The van der Waals surface area contributed by atoms with Crippen LogP contribution in [0.5, 0.6) is 0 Å². The summed E-state index contributed by atoms with van der Waals surface area (Å²) in [7, 11) is -3.75. The number of sulfonamides is 1. The fourth-order valence-corrected chi connectivity index (χ4v) is 5.07. The highest BCUT2D eigenvalue weighted by Gasteiger charge is 2.22. The Bertz CT molecular complexity index is 949. The van der Waals surface area contributed by atoms with Crippen molar-refractivity contribution in [2.24, 2.45) is 0 Å². The number of rotatable bonds is 5. The molecule has 3 rings (SSSR count). The Kier molecular flexibility index (Phi) is 4.65. The molecule has 24 heavy (non-hydrogen) atoms. The van der Waals surface area contributed by atoms with Gasteiger partial charge >= 0.3 is 0 Å². The van der Waals surface area contributed by atoms with Gasteiger partial charge in [-0.1, -0.05) is 18.2 Å². The molecule has 3 aromatic rings. The first-order valence-corrected chi connectivity index (χ1v) is 10.0. The molecule has 9 heteroatoms. The van der Waals surface area contributed by atoms with E-state index in [9.17, 15) is 13.2 Å². The second-order valence-corrected chi connectivity index (χ2v) is 8.60. The number of nitrogens with zero attached hydrogens (tertiary/aromatic N) is 1. The average molecular weight is 379 g/mol. The Morgan fingerprint density at radius 1 is 1.21 bits per heavy atom. The Morgan fingerprint density at radius 2 is 1.96 bits per heavy atom. The third-order valence-corrected chi connectivity index (χ3v) is 6.44. The van der Waals surface area contributed by atoms with Crippen LogP contribution in [0, 0.1) is 6.92 Å². The maximum atomic E-state index is 12.5. The number of nitrogens with one attached hydrogen (secondary N) is 2. The molecule has 0 saturated carbocycles. The highest BCUT2D eigenvalue weighted by Crippen LogP contribution is 2.28. The molecule has 2 aromatic heterocycles. The molecule has 6 nitrogen and oxygen atoms in total. The lowest BCUT2D eigenvalue weighted by Crippen LogP contribution is -2.13. The normalized spacial score (nSPS) is 11.2. The fourth-order valence-electron chi connectivity index (χ4n) is 2.00. The van der Waals surface area contributed by atoms with Gasteiger partial charge in [0.05, 0.1) is 4.88 Å². The first kappa shape index (κ1) is 16.6. The number of benzene rings is 1. The van der Waals surface area contributed by atoms with E-state index in [0.717, 1.165) is 11.3 Å². The Labute approximate surface area is 147 Å². The topological polar surface area (TPSA) is 88.2 Å². The number of carbonyl (C=O) groups excluding carboxylic acids is 1. The number of aromatic nitrogens is 1. The number of anilines is 2. The predicted molar refractivity (Wildman–Crippen MR) is 96.4 cm³/mol. The van der Waals surface area contributed by atoms with Crippen LogP contribution >= 0.6 is 22.7 Å². The maximum absolute atomic E-state index is 12.5. The molecule has 2 N–H and O–H groups in total. The first-order chi connectivity index (χ1) is 11.5. The fraction of sp³-hybridized carbons (Fsp3) is 0.0667. The number of carbonyl (C=O) groups is 1. The van der Waals surface area contributed by atoms with Crippen molar-refractivity contribution < 1.29 is 13.2 Å². The number of thiazole rings is 1. The minimum absolute atomic E-state index is 0.0978. The van der Waals surface area contributed by atoms with Crippen molar-refractivity contribution in [1.82, 2.24) is 4.98 Å². The lowest BCUT2D eigenvalue weighted by atomic mass is 10.3.